The van der Waals surface area contributed by atoms with Gasteiger partial charge in [-0.2, -0.15) is 0 Å². The molecule has 132 valence electrons. The molecular weight excluding hydrogens is 320 g/mol. The van der Waals surface area contributed by atoms with Crippen LogP contribution in [0.1, 0.15) is 55.3 Å². The van der Waals surface area contributed by atoms with Crippen molar-refractivity contribution < 1.29 is 4.79 Å². The first-order valence-corrected chi connectivity index (χ1v) is 10.3. The van der Waals surface area contributed by atoms with Crippen molar-refractivity contribution in [2.24, 2.45) is 5.92 Å². The van der Waals surface area contributed by atoms with Crippen LogP contribution in [0.2, 0.25) is 0 Å². The fourth-order valence-electron chi connectivity index (χ4n) is 4.10. The molecule has 4 rings (SSSR count). The molecule has 1 aromatic rings. The van der Waals surface area contributed by atoms with Crippen molar-refractivity contribution in [3.05, 3.63) is 16.1 Å². The lowest BCUT2D eigenvalue weighted by molar-refractivity contribution is 0.170. The van der Waals surface area contributed by atoms with Gasteiger partial charge in [0.15, 0.2) is 0 Å². The van der Waals surface area contributed by atoms with E-state index in [1.807, 2.05) is 6.92 Å². The summed E-state index contributed by atoms with van der Waals surface area (Å²) in [5.41, 5.74) is 1.06. The fraction of sp³-hybridized carbons (Fsp3) is 0.778. The van der Waals surface area contributed by atoms with Gasteiger partial charge in [-0.1, -0.05) is 0 Å². The summed E-state index contributed by atoms with van der Waals surface area (Å²) in [6, 6.07) is 0.631. The summed E-state index contributed by atoms with van der Waals surface area (Å²) in [7, 11) is 0. The van der Waals surface area contributed by atoms with Crippen LogP contribution in [0, 0.1) is 12.8 Å². The van der Waals surface area contributed by atoms with Gasteiger partial charge in [0, 0.05) is 30.2 Å². The summed E-state index contributed by atoms with van der Waals surface area (Å²) in [5, 5.41) is 6.49. The molecule has 1 aliphatic carbocycles. The van der Waals surface area contributed by atoms with Crippen molar-refractivity contribution in [3.63, 3.8) is 0 Å². The molecule has 0 spiro atoms. The first kappa shape index (κ1) is 16.3. The van der Waals surface area contributed by atoms with Crippen molar-refractivity contribution in [2.75, 3.05) is 26.2 Å². The Kier molecular flexibility index (Phi) is 4.77. The number of aryl methyl sites for hydroxylation is 1. The molecule has 1 saturated carbocycles. The molecule has 5 nitrogen and oxygen atoms in total. The van der Waals surface area contributed by atoms with Crippen molar-refractivity contribution in [1.29, 1.82) is 0 Å². The molecule has 0 aromatic carbocycles. The number of carbonyl (C=O) groups excluding carboxylic acids is 1. The van der Waals surface area contributed by atoms with E-state index in [2.05, 4.69) is 25.5 Å². The van der Waals surface area contributed by atoms with Gasteiger partial charge in [-0.15, -0.1) is 11.3 Å². The second-order valence-corrected chi connectivity index (χ2v) is 8.48. The number of amides is 2. The number of nitrogens with one attached hydrogen (secondary N) is 1. The normalized spacial score (nSPS) is 26.0. The molecule has 3 heterocycles. The summed E-state index contributed by atoms with van der Waals surface area (Å²) in [5.74, 6) is 0.583. The zero-order valence-electron chi connectivity index (χ0n) is 14.5. The van der Waals surface area contributed by atoms with Crippen LogP contribution >= 0.6 is 11.3 Å². The lowest BCUT2D eigenvalue weighted by atomic mass is 10.2. The molecule has 0 unspecified atom stereocenters. The van der Waals surface area contributed by atoms with Crippen molar-refractivity contribution in [1.82, 2.24) is 20.1 Å². The van der Waals surface area contributed by atoms with Gasteiger partial charge in [0.1, 0.15) is 5.01 Å². The average molecular weight is 349 g/mol. The fourth-order valence-corrected chi connectivity index (χ4v) is 5.04. The standard InChI is InChI=1S/C18H28N4OS/c1-13-12-24-17(19-13)16(14-6-7-14)20-18(23)22-10-4-5-15(22)11-21-8-2-3-9-21/h12,14-16H,2-11H2,1H3,(H,20,23)/t15-,16+/m1/s1. The quantitative estimate of drug-likeness (QED) is 0.889. The van der Waals surface area contributed by atoms with Crippen LogP contribution < -0.4 is 5.32 Å². The Morgan fingerprint density at radius 1 is 1.29 bits per heavy atom. The van der Waals surface area contributed by atoms with E-state index >= 15 is 0 Å². The molecule has 3 aliphatic rings. The van der Waals surface area contributed by atoms with Gasteiger partial charge < -0.3 is 15.1 Å². The minimum absolute atomic E-state index is 0.115. The van der Waals surface area contributed by atoms with Gasteiger partial charge in [0.2, 0.25) is 0 Å². The second kappa shape index (κ2) is 7.00. The Balaban J connectivity index is 1.40. The number of nitrogens with zero attached hydrogens (tertiary/aromatic N) is 3. The molecule has 2 aliphatic heterocycles. The van der Waals surface area contributed by atoms with Gasteiger partial charge in [-0.25, -0.2) is 9.78 Å². The van der Waals surface area contributed by atoms with Gasteiger partial charge in [-0.3, -0.25) is 0 Å². The molecule has 2 amide bonds. The predicted molar refractivity (Wildman–Crippen MR) is 96.2 cm³/mol. The highest BCUT2D eigenvalue weighted by molar-refractivity contribution is 7.09. The summed E-state index contributed by atoms with van der Waals surface area (Å²) in [6.07, 6.45) is 7.32. The first-order chi connectivity index (χ1) is 11.7. The van der Waals surface area contributed by atoms with Crippen molar-refractivity contribution in [3.8, 4) is 0 Å². The zero-order chi connectivity index (χ0) is 16.5. The summed E-state index contributed by atoms with van der Waals surface area (Å²) in [6.45, 7) is 6.39. The summed E-state index contributed by atoms with van der Waals surface area (Å²) < 4.78 is 0. The summed E-state index contributed by atoms with van der Waals surface area (Å²) >= 11 is 1.68. The van der Waals surface area contributed by atoms with Gasteiger partial charge >= 0.3 is 6.03 Å². The number of thiazole rings is 1. The van der Waals surface area contributed by atoms with Crippen LogP contribution in [0.4, 0.5) is 4.79 Å². The largest absolute Gasteiger partial charge is 0.328 e. The Labute approximate surface area is 148 Å². The number of likely N-dealkylation sites (tertiary alicyclic amines) is 2. The maximum absolute atomic E-state index is 12.9. The van der Waals surface area contributed by atoms with Crippen molar-refractivity contribution >= 4 is 17.4 Å². The van der Waals surface area contributed by atoms with Gasteiger partial charge in [0.25, 0.3) is 0 Å². The molecular formula is C18H28N4OS. The Morgan fingerprint density at radius 3 is 2.75 bits per heavy atom. The third-order valence-electron chi connectivity index (χ3n) is 5.58. The molecule has 1 N–H and O–H groups in total. The number of hydrogen-bond acceptors (Lipinski definition) is 4. The highest BCUT2D eigenvalue weighted by Gasteiger charge is 2.38. The summed E-state index contributed by atoms with van der Waals surface area (Å²) in [4.78, 5) is 22.2. The van der Waals surface area contributed by atoms with Crippen LogP contribution in [-0.4, -0.2) is 53.0 Å². The maximum Gasteiger partial charge on any atom is 0.318 e. The van der Waals surface area contributed by atoms with Gasteiger partial charge in [0.05, 0.1) is 6.04 Å². The number of aromatic nitrogens is 1. The Bertz CT molecular complexity index is 579. The second-order valence-electron chi connectivity index (χ2n) is 7.59. The maximum atomic E-state index is 12.9. The molecule has 0 bridgehead atoms. The predicted octanol–water partition coefficient (Wildman–Crippen LogP) is 3.17. The first-order valence-electron chi connectivity index (χ1n) is 9.42. The van der Waals surface area contributed by atoms with E-state index in [0.717, 1.165) is 36.6 Å². The molecule has 24 heavy (non-hydrogen) atoms. The smallest absolute Gasteiger partial charge is 0.318 e. The molecule has 2 atom stereocenters. The van der Waals surface area contributed by atoms with E-state index in [1.165, 1.54) is 38.8 Å². The van der Waals surface area contributed by atoms with Gasteiger partial charge in [-0.05, 0) is 64.5 Å². The third-order valence-corrected chi connectivity index (χ3v) is 6.63. The monoisotopic (exact) mass is 348 g/mol. The molecule has 2 saturated heterocycles. The Morgan fingerprint density at radius 2 is 2.08 bits per heavy atom. The number of rotatable bonds is 5. The highest BCUT2D eigenvalue weighted by Crippen LogP contribution is 2.42. The lowest BCUT2D eigenvalue weighted by Gasteiger charge is -2.30. The molecule has 0 radical (unpaired) electrons. The lowest BCUT2D eigenvalue weighted by Crippen LogP contribution is -2.48. The van der Waals surface area contributed by atoms with E-state index < -0.39 is 0 Å². The SMILES string of the molecule is Cc1csc([C@@H](NC(=O)N2CCC[C@@H]2CN2CCCC2)C2CC2)n1. The topological polar surface area (TPSA) is 48.5 Å². The zero-order valence-corrected chi connectivity index (χ0v) is 15.4. The number of urea groups is 1. The van der Waals surface area contributed by atoms with Crippen LogP contribution in [0.25, 0.3) is 0 Å². The van der Waals surface area contributed by atoms with E-state index in [9.17, 15) is 4.79 Å². The minimum Gasteiger partial charge on any atom is -0.328 e. The molecule has 1 aromatic heterocycles. The molecule has 3 fully saturated rings. The van der Waals surface area contributed by atoms with E-state index in [-0.39, 0.29) is 12.1 Å². The average Bonchev–Trinajstić information content (AvgIpc) is 2.96. The highest BCUT2D eigenvalue weighted by atomic mass is 32.1. The van der Waals surface area contributed by atoms with Crippen LogP contribution in [-0.2, 0) is 0 Å². The molecule has 6 heteroatoms. The van der Waals surface area contributed by atoms with E-state index in [0.29, 0.717) is 12.0 Å². The number of carbonyl (C=O) groups is 1. The van der Waals surface area contributed by atoms with Crippen molar-refractivity contribution in [2.45, 2.75) is 57.5 Å². The van der Waals surface area contributed by atoms with Crippen LogP contribution in [0.3, 0.4) is 0 Å². The number of hydrogen-bond donors (Lipinski definition) is 1. The Hall–Kier alpha value is -1.14. The van der Waals surface area contributed by atoms with E-state index in [1.54, 1.807) is 11.3 Å². The third kappa shape index (κ3) is 3.59. The van der Waals surface area contributed by atoms with E-state index in [4.69, 9.17) is 0 Å². The minimum atomic E-state index is 0.115. The van der Waals surface area contributed by atoms with Crippen LogP contribution in [0.5, 0.6) is 0 Å². The van der Waals surface area contributed by atoms with Crippen LogP contribution in [0.15, 0.2) is 5.38 Å².